The molecule has 0 spiro atoms. The monoisotopic (exact) mass is 348 g/mol. The smallest absolute Gasteiger partial charge is 0.269 e. The molecule has 0 amide bonds. The maximum Gasteiger partial charge on any atom is 0.269 e. The van der Waals surface area contributed by atoms with Crippen molar-refractivity contribution < 1.29 is 14.5 Å². The van der Waals surface area contributed by atoms with Crippen molar-refractivity contribution in [2.75, 3.05) is 7.11 Å². The number of hydrogen-bond acceptors (Lipinski definition) is 4. The highest BCUT2D eigenvalue weighted by Crippen LogP contribution is 2.19. The zero-order valence-electron chi connectivity index (χ0n) is 14.0. The number of methoxy groups -OCH3 is 1. The van der Waals surface area contributed by atoms with Crippen LogP contribution < -0.4 is 4.74 Å². The SMILES string of the molecule is COc1ccc(C(=O)/C=C/c2cccn2-c2ccc([N+](=O)[O-])cc2)cc1. The standard InChI is InChI=1S/C20H16N2O4/c1-26-19-11-4-15(5-12-19)20(23)13-10-16-3-2-14-21(16)17-6-8-18(9-7-17)22(24)25/h2-14H,1H3/b13-10+. The lowest BCUT2D eigenvalue weighted by molar-refractivity contribution is -0.384. The molecule has 0 unspecified atom stereocenters. The van der Waals surface area contributed by atoms with Gasteiger partial charge in [-0.2, -0.15) is 0 Å². The number of nitro benzene ring substituents is 1. The van der Waals surface area contributed by atoms with Crippen molar-refractivity contribution >= 4 is 17.5 Å². The van der Waals surface area contributed by atoms with Crippen LogP contribution in [-0.2, 0) is 0 Å². The third-order valence-electron chi connectivity index (χ3n) is 3.90. The van der Waals surface area contributed by atoms with E-state index >= 15 is 0 Å². The van der Waals surface area contributed by atoms with Crippen LogP contribution in [0.2, 0.25) is 0 Å². The predicted molar refractivity (Wildman–Crippen MR) is 98.8 cm³/mol. The summed E-state index contributed by atoms with van der Waals surface area (Å²) in [5.74, 6) is 0.571. The average Bonchev–Trinajstić information content (AvgIpc) is 3.15. The minimum absolute atomic E-state index is 0.0349. The van der Waals surface area contributed by atoms with Gasteiger partial charge in [-0.1, -0.05) is 0 Å². The molecule has 130 valence electrons. The molecule has 3 rings (SSSR count). The van der Waals surface area contributed by atoms with Crippen LogP contribution >= 0.6 is 0 Å². The molecule has 6 heteroatoms. The van der Waals surface area contributed by atoms with E-state index in [-0.39, 0.29) is 11.5 Å². The summed E-state index contributed by atoms with van der Waals surface area (Å²) in [7, 11) is 1.57. The van der Waals surface area contributed by atoms with Crippen LogP contribution in [0, 0.1) is 10.1 Å². The van der Waals surface area contributed by atoms with Crippen LogP contribution in [0.25, 0.3) is 11.8 Å². The van der Waals surface area contributed by atoms with E-state index in [1.54, 1.807) is 49.6 Å². The van der Waals surface area contributed by atoms with Gasteiger partial charge in [0.25, 0.3) is 5.69 Å². The third kappa shape index (κ3) is 3.70. The van der Waals surface area contributed by atoms with E-state index in [2.05, 4.69) is 0 Å². The Kier molecular flexibility index (Phi) is 4.94. The summed E-state index contributed by atoms with van der Waals surface area (Å²) in [5, 5.41) is 10.8. The number of rotatable bonds is 6. The number of carbonyl (C=O) groups is 1. The lowest BCUT2D eigenvalue weighted by Crippen LogP contribution is -1.97. The number of aromatic nitrogens is 1. The molecule has 0 radical (unpaired) electrons. The summed E-state index contributed by atoms with van der Waals surface area (Å²) in [4.78, 5) is 22.6. The van der Waals surface area contributed by atoms with Crippen molar-refractivity contribution in [3.63, 3.8) is 0 Å². The Morgan fingerprint density at radius 1 is 1.08 bits per heavy atom. The van der Waals surface area contributed by atoms with Gasteiger partial charge in [-0.05, 0) is 60.7 Å². The Morgan fingerprint density at radius 3 is 2.38 bits per heavy atom. The summed E-state index contributed by atoms with van der Waals surface area (Å²) in [6.45, 7) is 0. The first kappa shape index (κ1) is 17.2. The van der Waals surface area contributed by atoms with Gasteiger partial charge < -0.3 is 9.30 Å². The third-order valence-corrected chi connectivity index (χ3v) is 3.90. The molecule has 0 atom stereocenters. The minimum atomic E-state index is -0.437. The van der Waals surface area contributed by atoms with E-state index in [1.165, 1.54) is 18.2 Å². The zero-order valence-corrected chi connectivity index (χ0v) is 14.0. The fraction of sp³-hybridized carbons (Fsp3) is 0.0500. The van der Waals surface area contributed by atoms with Crippen LogP contribution in [-0.4, -0.2) is 22.4 Å². The van der Waals surface area contributed by atoms with E-state index in [9.17, 15) is 14.9 Å². The van der Waals surface area contributed by atoms with Gasteiger partial charge in [-0.25, -0.2) is 0 Å². The highest BCUT2D eigenvalue weighted by atomic mass is 16.6. The number of ether oxygens (including phenoxy) is 1. The fourth-order valence-electron chi connectivity index (χ4n) is 2.51. The van der Waals surface area contributed by atoms with Crippen LogP contribution in [0.5, 0.6) is 5.75 Å². The Morgan fingerprint density at radius 2 is 1.77 bits per heavy atom. The first-order valence-electron chi connectivity index (χ1n) is 7.87. The molecule has 6 nitrogen and oxygen atoms in total. The second-order valence-electron chi connectivity index (χ2n) is 5.50. The number of allylic oxidation sites excluding steroid dienone is 1. The second-order valence-corrected chi connectivity index (χ2v) is 5.50. The molecule has 0 aliphatic rings. The molecule has 0 bridgehead atoms. The number of carbonyl (C=O) groups excluding carboxylic acids is 1. The van der Waals surface area contributed by atoms with E-state index in [0.29, 0.717) is 11.3 Å². The van der Waals surface area contributed by atoms with Crippen molar-refractivity contribution in [2.24, 2.45) is 0 Å². The van der Waals surface area contributed by atoms with Gasteiger partial charge >= 0.3 is 0 Å². The van der Waals surface area contributed by atoms with Gasteiger partial charge in [-0.3, -0.25) is 14.9 Å². The molecule has 0 saturated carbocycles. The number of hydrogen-bond donors (Lipinski definition) is 0. The van der Waals surface area contributed by atoms with E-state index in [1.807, 2.05) is 22.9 Å². The zero-order chi connectivity index (χ0) is 18.5. The van der Waals surface area contributed by atoms with Gasteiger partial charge in [-0.15, -0.1) is 0 Å². The van der Waals surface area contributed by atoms with Crippen LogP contribution in [0.1, 0.15) is 16.1 Å². The number of non-ortho nitro benzene ring substituents is 1. The average molecular weight is 348 g/mol. The van der Waals surface area contributed by atoms with Crippen molar-refractivity contribution in [3.05, 3.63) is 94.3 Å². The Labute approximate surface area is 150 Å². The number of nitro groups is 1. The lowest BCUT2D eigenvalue weighted by atomic mass is 10.1. The van der Waals surface area contributed by atoms with Gasteiger partial charge in [0.1, 0.15) is 5.75 Å². The maximum atomic E-state index is 12.3. The van der Waals surface area contributed by atoms with E-state index in [4.69, 9.17) is 4.74 Å². The highest BCUT2D eigenvalue weighted by Gasteiger charge is 2.07. The first-order valence-corrected chi connectivity index (χ1v) is 7.87. The van der Waals surface area contributed by atoms with Gasteiger partial charge in [0.2, 0.25) is 0 Å². The fourth-order valence-corrected chi connectivity index (χ4v) is 2.51. The van der Waals surface area contributed by atoms with Crippen molar-refractivity contribution in [1.82, 2.24) is 4.57 Å². The first-order chi connectivity index (χ1) is 12.6. The van der Waals surface area contributed by atoms with Crippen molar-refractivity contribution in [1.29, 1.82) is 0 Å². The summed E-state index contributed by atoms with van der Waals surface area (Å²) < 4.78 is 6.93. The van der Waals surface area contributed by atoms with E-state index in [0.717, 1.165) is 11.4 Å². The molecule has 0 aliphatic heterocycles. The molecule has 1 heterocycles. The van der Waals surface area contributed by atoms with Crippen molar-refractivity contribution in [3.8, 4) is 11.4 Å². The molecule has 0 fully saturated rings. The summed E-state index contributed by atoms with van der Waals surface area (Å²) >= 11 is 0. The Bertz CT molecular complexity index is 954. The molecule has 0 aliphatic carbocycles. The van der Waals surface area contributed by atoms with Gasteiger partial charge in [0.05, 0.1) is 12.0 Å². The molecule has 1 aromatic heterocycles. The predicted octanol–water partition coefficient (Wildman–Crippen LogP) is 4.29. The Balaban J connectivity index is 1.80. The quantitative estimate of drug-likeness (QED) is 0.288. The molecule has 26 heavy (non-hydrogen) atoms. The lowest BCUT2D eigenvalue weighted by Gasteiger charge is -2.06. The normalized spacial score (nSPS) is 10.8. The van der Waals surface area contributed by atoms with Gasteiger partial charge in [0, 0.05) is 35.3 Å². The van der Waals surface area contributed by atoms with Crippen LogP contribution in [0.15, 0.2) is 72.9 Å². The van der Waals surface area contributed by atoms with Gasteiger partial charge in [0.15, 0.2) is 5.78 Å². The van der Waals surface area contributed by atoms with Crippen LogP contribution in [0.3, 0.4) is 0 Å². The highest BCUT2D eigenvalue weighted by molar-refractivity contribution is 6.06. The minimum Gasteiger partial charge on any atom is -0.497 e. The number of benzene rings is 2. The topological polar surface area (TPSA) is 74.4 Å². The van der Waals surface area contributed by atoms with E-state index < -0.39 is 4.92 Å². The largest absolute Gasteiger partial charge is 0.497 e. The summed E-state index contributed by atoms with van der Waals surface area (Å²) in [5.41, 5.74) is 2.17. The maximum absolute atomic E-state index is 12.3. The van der Waals surface area contributed by atoms with Crippen LogP contribution in [0.4, 0.5) is 5.69 Å². The second kappa shape index (κ2) is 7.48. The number of ketones is 1. The Hall–Kier alpha value is -3.67. The van der Waals surface area contributed by atoms with Crippen molar-refractivity contribution in [2.45, 2.75) is 0 Å². The molecule has 0 N–H and O–H groups in total. The summed E-state index contributed by atoms with van der Waals surface area (Å²) in [6, 6.07) is 16.8. The molecule has 2 aromatic carbocycles. The number of nitrogens with zero attached hydrogens (tertiary/aromatic N) is 2. The molecular formula is C20H16N2O4. The molecule has 0 saturated heterocycles. The summed E-state index contributed by atoms with van der Waals surface area (Å²) in [6.07, 6.45) is 5.05. The molecular weight excluding hydrogens is 332 g/mol. The molecule has 3 aromatic rings.